The molecule has 0 aliphatic carbocycles. The molecule has 1 heteroatoms. The quantitative estimate of drug-likeness (QED) is 0.450. The highest BCUT2D eigenvalue weighted by atomic mass is 16.6. The van der Waals surface area contributed by atoms with Gasteiger partial charge < -0.3 is 4.74 Å². The molecular formula is C10H18O. The van der Waals surface area contributed by atoms with Gasteiger partial charge in [0.15, 0.2) is 0 Å². The van der Waals surface area contributed by atoms with E-state index in [-0.39, 0.29) is 5.60 Å². The Labute approximate surface area is 69.4 Å². The fraction of sp³-hybridized carbons (Fsp3) is 0.800. The zero-order valence-corrected chi connectivity index (χ0v) is 7.98. The van der Waals surface area contributed by atoms with Crippen molar-refractivity contribution in [1.29, 1.82) is 0 Å². The van der Waals surface area contributed by atoms with Crippen LogP contribution in [0.1, 0.15) is 40.5 Å². The van der Waals surface area contributed by atoms with Crippen molar-refractivity contribution in [3.63, 3.8) is 0 Å². The number of hydrogen-bond donors (Lipinski definition) is 0. The Morgan fingerprint density at radius 3 is 2.45 bits per heavy atom. The lowest BCUT2D eigenvalue weighted by atomic mass is 10.0. The molecule has 64 valence electrons. The molecule has 1 aliphatic heterocycles. The van der Waals surface area contributed by atoms with Crippen LogP contribution in [0.5, 0.6) is 0 Å². The fourth-order valence-electron chi connectivity index (χ4n) is 1.24. The molecule has 0 aromatic carbocycles. The highest BCUT2D eigenvalue weighted by Crippen LogP contribution is 2.38. The van der Waals surface area contributed by atoms with E-state index in [4.69, 9.17) is 4.74 Å². The van der Waals surface area contributed by atoms with Crippen LogP contribution in [0.4, 0.5) is 0 Å². The Bertz CT molecular complexity index is 168. The molecule has 0 aromatic heterocycles. The average Bonchev–Trinajstić information content (AvgIpc) is 2.54. The van der Waals surface area contributed by atoms with Gasteiger partial charge in [-0.25, -0.2) is 0 Å². The van der Waals surface area contributed by atoms with Crippen LogP contribution in [0.2, 0.25) is 0 Å². The summed E-state index contributed by atoms with van der Waals surface area (Å²) in [6, 6.07) is 0. The minimum Gasteiger partial charge on any atom is -0.367 e. The van der Waals surface area contributed by atoms with E-state index in [0.29, 0.717) is 6.10 Å². The zero-order valence-electron chi connectivity index (χ0n) is 7.98. The molecule has 1 rings (SSSR count). The molecule has 1 fully saturated rings. The Morgan fingerprint density at radius 1 is 1.55 bits per heavy atom. The minimum absolute atomic E-state index is 0.175. The third-order valence-electron chi connectivity index (χ3n) is 2.46. The van der Waals surface area contributed by atoms with E-state index in [0.717, 1.165) is 0 Å². The monoisotopic (exact) mass is 154 g/mol. The SMILES string of the molecule is CC=C(C)CCC1OC1(C)C. The smallest absolute Gasteiger partial charge is 0.0892 e. The second-order valence-corrected chi connectivity index (χ2v) is 3.88. The molecule has 1 unspecified atom stereocenters. The maximum atomic E-state index is 5.47. The van der Waals surface area contributed by atoms with Crippen LogP contribution in [0.15, 0.2) is 11.6 Å². The molecule has 1 saturated heterocycles. The van der Waals surface area contributed by atoms with Crippen molar-refractivity contribution in [2.75, 3.05) is 0 Å². The van der Waals surface area contributed by atoms with E-state index in [1.807, 2.05) is 0 Å². The van der Waals surface area contributed by atoms with Crippen molar-refractivity contribution in [3.05, 3.63) is 11.6 Å². The molecule has 0 N–H and O–H groups in total. The lowest BCUT2D eigenvalue weighted by molar-refractivity contribution is 0.320. The van der Waals surface area contributed by atoms with Crippen LogP contribution in [-0.2, 0) is 4.74 Å². The maximum absolute atomic E-state index is 5.47. The van der Waals surface area contributed by atoms with E-state index in [1.54, 1.807) is 0 Å². The van der Waals surface area contributed by atoms with Crippen molar-refractivity contribution in [1.82, 2.24) is 0 Å². The summed E-state index contributed by atoms with van der Waals surface area (Å²) in [6.45, 7) is 8.58. The molecule has 11 heavy (non-hydrogen) atoms. The molecule has 0 aromatic rings. The van der Waals surface area contributed by atoms with Crippen LogP contribution >= 0.6 is 0 Å². The predicted octanol–water partition coefficient (Wildman–Crippen LogP) is 2.91. The molecule has 1 atom stereocenters. The highest BCUT2D eigenvalue weighted by Gasteiger charge is 2.46. The van der Waals surface area contributed by atoms with Crippen LogP contribution in [0.25, 0.3) is 0 Å². The van der Waals surface area contributed by atoms with Crippen molar-refractivity contribution < 1.29 is 4.74 Å². The summed E-state index contributed by atoms with van der Waals surface area (Å²) in [5, 5.41) is 0. The Balaban J connectivity index is 2.16. The van der Waals surface area contributed by atoms with Crippen LogP contribution < -0.4 is 0 Å². The van der Waals surface area contributed by atoms with Gasteiger partial charge in [0.05, 0.1) is 11.7 Å². The Hall–Kier alpha value is -0.300. The molecule has 0 bridgehead atoms. The van der Waals surface area contributed by atoms with Crippen molar-refractivity contribution >= 4 is 0 Å². The number of allylic oxidation sites excluding steroid dienone is 2. The van der Waals surface area contributed by atoms with E-state index >= 15 is 0 Å². The molecule has 1 heterocycles. The fourth-order valence-corrected chi connectivity index (χ4v) is 1.24. The first kappa shape index (κ1) is 8.79. The summed E-state index contributed by atoms with van der Waals surface area (Å²) in [6.07, 6.45) is 5.06. The van der Waals surface area contributed by atoms with E-state index in [2.05, 4.69) is 33.8 Å². The zero-order chi connectivity index (χ0) is 8.48. The standard InChI is InChI=1S/C10H18O/c1-5-8(2)6-7-9-10(3,4)11-9/h5,9H,6-7H2,1-4H3. The summed E-state index contributed by atoms with van der Waals surface area (Å²) in [4.78, 5) is 0. The highest BCUT2D eigenvalue weighted by molar-refractivity contribution is 5.01. The van der Waals surface area contributed by atoms with Crippen LogP contribution in [0, 0.1) is 0 Å². The van der Waals surface area contributed by atoms with Crippen molar-refractivity contribution in [3.8, 4) is 0 Å². The summed E-state index contributed by atoms with van der Waals surface area (Å²) in [5.41, 5.74) is 1.64. The molecule has 0 radical (unpaired) electrons. The summed E-state index contributed by atoms with van der Waals surface area (Å²) < 4.78 is 5.47. The van der Waals surface area contributed by atoms with Crippen LogP contribution in [-0.4, -0.2) is 11.7 Å². The summed E-state index contributed by atoms with van der Waals surface area (Å²) in [7, 11) is 0. The van der Waals surface area contributed by atoms with Gasteiger partial charge >= 0.3 is 0 Å². The van der Waals surface area contributed by atoms with Gasteiger partial charge in [-0.15, -0.1) is 0 Å². The average molecular weight is 154 g/mol. The number of ether oxygens (including phenoxy) is 1. The van der Waals surface area contributed by atoms with Gasteiger partial charge in [-0.3, -0.25) is 0 Å². The lowest BCUT2D eigenvalue weighted by Crippen LogP contribution is -2.02. The molecule has 0 spiro atoms. The molecule has 1 aliphatic rings. The van der Waals surface area contributed by atoms with Gasteiger partial charge in [0, 0.05) is 0 Å². The van der Waals surface area contributed by atoms with Gasteiger partial charge in [-0.05, 0) is 40.5 Å². The Morgan fingerprint density at radius 2 is 2.09 bits per heavy atom. The van der Waals surface area contributed by atoms with E-state index < -0.39 is 0 Å². The van der Waals surface area contributed by atoms with Gasteiger partial charge in [-0.2, -0.15) is 0 Å². The third kappa shape index (κ3) is 2.33. The van der Waals surface area contributed by atoms with E-state index in [9.17, 15) is 0 Å². The Kier molecular flexibility index (Phi) is 2.38. The van der Waals surface area contributed by atoms with Crippen LogP contribution in [0.3, 0.4) is 0 Å². The lowest BCUT2D eigenvalue weighted by Gasteiger charge is -1.97. The van der Waals surface area contributed by atoms with Gasteiger partial charge in [-0.1, -0.05) is 11.6 Å². The second-order valence-electron chi connectivity index (χ2n) is 3.88. The first-order valence-electron chi connectivity index (χ1n) is 4.36. The largest absolute Gasteiger partial charge is 0.367 e. The normalized spacial score (nSPS) is 28.7. The second kappa shape index (κ2) is 2.98. The van der Waals surface area contributed by atoms with Crippen molar-refractivity contribution in [2.24, 2.45) is 0 Å². The topological polar surface area (TPSA) is 12.5 Å². The van der Waals surface area contributed by atoms with E-state index in [1.165, 1.54) is 18.4 Å². The van der Waals surface area contributed by atoms with Crippen molar-refractivity contribution in [2.45, 2.75) is 52.2 Å². The first-order chi connectivity index (χ1) is 5.06. The summed E-state index contributed by atoms with van der Waals surface area (Å²) in [5.74, 6) is 0. The first-order valence-corrected chi connectivity index (χ1v) is 4.36. The number of rotatable bonds is 3. The maximum Gasteiger partial charge on any atom is 0.0892 e. The number of epoxide rings is 1. The molecule has 1 nitrogen and oxygen atoms in total. The minimum atomic E-state index is 0.175. The summed E-state index contributed by atoms with van der Waals surface area (Å²) >= 11 is 0. The van der Waals surface area contributed by atoms with Gasteiger partial charge in [0.1, 0.15) is 0 Å². The molecule has 0 amide bonds. The van der Waals surface area contributed by atoms with Gasteiger partial charge in [0.2, 0.25) is 0 Å². The predicted molar refractivity (Wildman–Crippen MR) is 47.6 cm³/mol. The molecular weight excluding hydrogens is 136 g/mol. The third-order valence-corrected chi connectivity index (χ3v) is 2.46. The van der Waals surface area contributed by atoms with Gasteiger partial charge in [0.25, 0.3) is 0 Å². The molecule has 0 saturated carbocycles. The number of hydrogen-bond acceptors (Lipinski definition) is 1.